The lowest BCUT2D eigenvalue weighted by molar-refractivity contribution is 1.10. The summed E-state index contributed by atoms with van der Waals surface area (Å²) in [6.45, 7) is 5.95. The minimum atomic E-state index is 0.306. The highest BCUT2D eigenvalue weighted by Crippen LogP contribution is 1.92. The number of hydrogen-bond acceptors (Lipinski definition) is 0. The van der Waals surface area contributed by atoms with E-state index in [4.69, 9.17) is 11.6 Å². The van der Waals surface area contributed by atoms with Crippen LogP contribution in [0.4, 0.5) is 0 Å². The Hall–Kier alpha value is -0.490. The Balaban J connectivity index is 0.000000218. The summed E-state index contributed by atoms with van der Waals surface area (Å²) in [7, 11) is 0. The standard InChI is InChI=1S/C7H8.C3H7Cl/c1-7-5-3-2-4-6-7;1-3(2)4/h2-6H,1H3;3H,1-2H3. The number of rotatable bonds is 0. The maximum Gasteiger partial charge on any atom is 0.0279 e. The molecule has 0 aliphatic carbocycles. The third kappa shape index (κ3) is 9.51. The normalized spacial score (nSPS) is 8.82. The molecule has 1 heteroatoms. The molecule has 0 fully saturated rings. The van der Waals surface area contributed by atoms with Crippen LogP contribution in [0.3, 0.4) is 0 Å². The van der Waals surface area contributed by atoms with E-state index in [1.807, 2.05) is 32.0 Å². The van der Waals surface area contributed by atoms with E-state index < -0.39 is 0 Å². The highest BCUT2D eigenvalue weighted by atomic mass is 35.5. The van der Waals surface area contributed by atoms with Gasteiger partial charge in [0.15, 0.2) is 0 Å². The number of benzene rings is 1. The molecule has 0 amide bonds. The van der Waals surface area contributed by atoms with Gasteiger partial charge in [-0.05, 0) is 20.8 Å². The Morgan fingerprint density at radius 2 is 1.45 bits per heavy atom. The highest BCUT2D eigenvalue weighted by Gasteiger charge is 1.72. The Morgan fingerprint density at radius 1 is 1.09 bits per heavy atom. The van der Waals surface area contributed by atoms with Crippen LogP contribution in [-0.4, -0.2) is 5.38 Å². The molecule has 0 nitrogen and oxygen atoms in total. The van der Waals surface area contributed by atoms with Gasteiger partial charge in [-0.1, -0.05) is 35.9 Å². The summed E-state index contributed by atoms with van der Waals surface area (Å²) >= 11 is 5.27. The first-order chi connectivity index (χ1) is 5.13. The largest absolute Gasteiger partial charge is 0.124 e. The molecule has 0 heterocycles. The highest BCUT2D eigenvalue weighted by molar-refractivity contribution is 6.20. The molecule has 0 saturated carbocycles. The van der Waals surface area contributed by atoms with E-state index in [9.17, 15) is 0 Å². The average Bonchev–Trinajstić information content (AvgIpc) is 1.87. The maximum absolute atomic E-state index is 5.27. The van der Waals surface area contributed by atoms with Gasteiger partial charge >= 0.3 is 0 Å². The SMILES string of the molecule is CC(C)Cl.Cc1ccccc1. The van der Waals surface area contributed by atoms with Crippen molar-refractivity contribution in [3.05, 3.63) is 35.9 Å². The second-order valence-electron chi connectivity index (χ2n) is 2.67. The zero-order valence-electron chi connectivity index (χ0n) is 7.34. The molecule has 0 spiro atoms. The van der Waals surface area contributed by atoms with Crippen molar-refractivity contribution in [1.29, 1.82) is 0 Å². The van der Waals surface area contributed by atoms with Crippen molar-refractivity contribution in [3.63, 3.8) is 0 Å². The van der Waals surface area contributed by atoms with Gasteiger partial charge in [0.1, 0.15) is 0 Å². The molecule has 0 radical (unpaired) electrons. The summed E-state index contributed by atoms with van der Waals surface area (Å²) in [5, 5.41) is 0.306. The summed E-state index contributed by atoms with van der Waals surface area (Å²) < 4.78 is 0. The molecule has 0 bridgehead atoms. The van der Waals surface area contributed by atoms with E-state index in [0.29, 0.717) is 5.38 Å². The van der Waals surface area contributed by atoms with E-state index in [2.05, 4.69) is 19.1 Å². The van der Waals surface area contributed by atoms with Crippen LogP contribution < -0.4 is 0 Å². The summed E-state index contributed by atoms with van der Waals surface area (Å²) in [5.41, 5.74) is 1.32. The predicted molar refractivity (Wildman–Crippen MR) is 52.2 cm³/mol. The molecule has 11 heavy (non-hydrogen) atoms. The molecule has 0 saturated heterocycles. The van der Waals surface area contributed by atoms with Crippen molar-refractivity contribution in [1.82, 2.24) is 0 Å². The number of alkyl halides is 1. The summed E-state index contributed by atoms with van der Waals surface area (Å²) in [5.74, 6) is 0. The predicted octanol–water partition coefficient (Wildman–Crippen LogP) is 3.63. The lowest BCUT2D eigenvalue weighted by atomic mass is 10.2. The van der Waals surface area contributed by atoms with Crippen LogP contribution in [0.15, 0.2) is 30.3 Å². The Morgan fingerprint density at radius 3 is 1.64 bits per heavy atom. The number of aryl methyl sites for hydroxylation is 1. The lowest BCUT2D eigenvalue weighted by Gasteiger charge is -1.82. The topological polar surface area (TPSA) is 0 Å². The van der Waals surface area contributed by atoms with E-state index >= 15 is 0 Å². The maximum atomic E-state index is 5.27. The Bertz CT molecular complexity index is 165. The van der Waals surface area contributed by atoms with Crippen molar-refractivity contribution < 1.29 is 0 Å². The lowest BCUT2D eigenvalue weighted by Crippen LogP contribution is -1.70. The van der Waals surface area contributed by atoms with Crippen molar-refractivity contribution >= 4 is 11.6 Å². The van der Waals surface area contributed by atoms with Crippen molar-refractivity contribution in [2.45, 2.75) is 26.1 Å². The van der Waals surface area contributed by atoms with Crippen LogP contribution in [0.2, 0.25) is 0 Å². The van der Waals surface area contributed by atoms with Crippen LogP contribution in [0, 0.1) is 6.92 Å². The molecule has 62 valence electrons. The molecular formula is C10H15Cl. The third-order valence-corrected chi connectivity index (χ3v) is 0.940. The molecule has 0 aliphatic heterocycles. The number of hydrogen-bond donors (Lipinski definition) is 0. The molecule has 0 aliphatic rings. The molecule has 0 aromatic heterocycles. The Labute approximate surface area is 74.2 Å². The van der Waals surface area contributed by atoms with Gasteiger partial charge in [-0.25, -0.2) is 0 Å². The van der Waals surface area contributed by atoms with Crippen molar-refractivity contribution in [2.24, 2.45) is 0 Å². The molecule has 0 atom stereocenters. The summed E-state index contributed by atoms with van der Waals surface area (Å²) in [6.07, 6.45) is 0. The van der Waals surface area contributed by atoms with E-state index in [1.165, 1.54) is 5.56 Å². The zero-order chi connectivity index (χ0) is 8.69. The van der Waals surface area contributed by atoms with Gasteiger partial charge in [0.05, 0.1) is 0 Å². The van der Waals surface area contributed by atoms with Crippen LogP contribution in [0.5, 0.6) is 0 Å². The Kier molecular flexibility index (Phi) is 5.96. The van der Waals surface area contributed by atoms with Crippen molar-refractivity contribution in [3.8, 4) is 0 Å². The smallest absolute Gasteiger partial charge is 0.0279 e. The quantitative estimate of drug-likeness (QED) is 0.522. The van der Waals surface area contributed by atoms with Crippen LogP contribution >= 0.6 is 11.6 Å². The fraction of sp³-hybridized carbons (Fsp3) is 0.400. The van der Waals surface area contributed by atoms with Crippen molar-refractivity contribution in [2.75, 3.05) is 0 Å². The van der Waals surface area contributed by atoms with Gasteiger partial charge in [0.2, 0.25) is 0 Å². The summed E-state index contributed by atoms with van der Waals surface area (Å²) in [6, 6.07) is 10.3. The van der Waals surface area contributed by atoms with E-state index in [1.54, 1.807) is 0 Å². The molecule has 1 rings (SSSR count). The minimum absolute atomic E-state index is 0.306. The molecular weight excluding hydrogens is 156 g/mol. The van der Waals surface area contributed by atoms with E-state index in [-0.39, 0.29) is 0 Å². The zero-order valence-corrected chi connectivity index (χ0v) is 8.10. The summed E-state index contributed by atoms with van der Waals surface area (Å²) in [4.78, 5) is 0. The van der Waals surface area contributed by atoms with Crippen LogP contribution in [0.25, 0.3) is 0 Å². The average molecular weight is 171 g/mol. The first-order valence-electron chi connectivity index (χ1n) is 3.78. The molecule has 1 aromatic rings. The van der Waals surface area contributed by atoms with Gasteiger partial charge in [0.25, 0.3) is 0 Å². The molecule has 0 unspecified atom stereocenters. The fourth-order valence-electron chi connectivity index (χ4n) is 0.534. The second-order valence-corrected chi connectivity index (χ2v) is 3.54. The third-order valence-electron chi connectivity index (χ3n) is 0.940. The van der Waals surface area contributed by atoms with Gasteiger partial charge in [-0.3, -0.25) is 0 Å². The van der Waals surface area contributed by atoms with E-state index in [0.717, 1.165) is 0 Å². The minimum Gasteiger partial charge on any atom is -0.124 e. The molecule has 0 N–H and O–H groups in total. The number of halogens is 1. The monoisotopic (exact) mass is 170 g/mol. The fourth-order valence-corrected chi connectivity index (χ4v) is 0.534. The first kappa shape index (κ1) is 10.5. The van der Waals surface area contributed by atoms with Gasteiger partial charge in [-0.15, -0.1) is 11.6 Å². The molecule has 1 aromatic carbocycles. The van der Waals surface area contributed by atoms with Crippen LogP contribution in [0.1, 0.15) is 19.4 Å². The second kappa shape index (κ2) is 6.23. The van der Waals surface area contributed by atoms with Gasteiger partial charge in [0, 0.05) is 5.38 Å². The van der Waals surface area contributed by atoms with Gasteiger partial charge in [-0.2, -0.15) is 0 Å². The first-order valence-corrected chi connectivity index (χ1v) is 4.22. The van der Waals surface area contributed by atoms with Gasteiger partial charge < -0.3 is 0 Å². The van der Waals surface area contributed by atoms with Crippen LogP contribution in [-0.2, 0) is 0 Å².